The summed E-state index contributed by atoms with van der Waals surface area (Å²) in [5.74, 6) is 6.29. The second-order valence-electron chi connectivity index (χ2n) is 27.4. The Labute approximate surface area is 612 Å². The van der Waals surface area contributed by atoms with Gasteiger partial charge < -0.3 is 34.2 Å². The van der Waals surface area contributed by atoms with Gasteiger partial charge in [0.25, 0.3) is 0 Å². The van der Waals surface area contributed by atoms with Crippen LogP contribution < -0.4 is 10.6 Å². The number of nitrogens with one attached hydrogen (secondary N) is 2. The van der Waals surface area contributed by atoms with Crippen LogP contribution in [0.1, 0.15) is 215 Å². The molecular weight excluding hydrogens is 1300 g/mol. The highest BCUT2D eigenvalue weighted by Crippen LogP contribution is 2.49. The van der Waals surface area contributed by atoms with Gasteiger partial charge in [0, 0.05) is 108 Å². The number of fused-ring (bicyclic) bond motifs is 6. The van der Waals surface area contributed by atoms with Crippen molar-refractivity contribution in [1.82, 2.24) is 59.0 Å². The Morgan fingerprint density at radius 3 is 1.33 bits per heavy atom. The molecule has 6 aromatic heterocycles. The molecule has 530 valence electrons. The first-order valence-corrected chi connectivity index (χ1v) is 36.5. The van der Waals surface area contributed by atoms with E-state index >= 15 is 0 Å². The van der Waals surface area contributed by atoms with E-state index in [-0.39, 0.29) is 42.7 Å². The fourth-order valence-electron chi connectivity index (χ4n) is 16.6. The van der Waals surface area contributed by atoms with Crippen molar-refractivity contribution in [2.75, 3.05) is 39.3 Å². The third-order valence-corrected chi connectivity index (χ3v) is 22.3. The molecule has 17 heteroatoms. The van der Waals surface area contributed by atoms with Crippen LogP contribution in [-0.2, 0) is 26.1 Å². The van der Waals surface area contributed by atoms with Crippen LogP contribution in [0, 0.1) is 38.5 Å². The van der Waals surface area contributed by atoms with E-state index in [1.807, 2.05) is 56.1 Å². The summed E-state index contributed by atoms with van der Waals surface area (Å²) in [6, 6.07) is 32.4. The van der Waals surface area contributed by atoms with Gasteiger partial charge in [-0.2, -0.15) is 0 Å². The molecule has 4 atom stereocenters. The molecule has 13 nitrogen and oxygen atoms in total. The molecule has 0 spiro atoms. The molecule has 0 radical (unpaired) electrons. The van der Waals surface area contributed by atoms with E-state index in [1.54, 1.807) is 0 Å². The highest BCUT2D eigenvalue weighted by Gasteiger charge is 2.38. The molecule has 3 N–H and O–H groups in total. The summed E-state index contributed by atoms with van der Waals surface area (Å²) in [6.45, 7) is 17.2. The topological polar surface area (TPSA) is 140 Å². The molecule has 3 aliphatic carbocycles. The first kappa shape index (κ1) is 77.2. The van der Waals surface area contributed by atoms with Gasteiger partial charge in [-0.05, 0) is 290 Å². The average molecular weight is 1410 g/mol. The van der Waals surface area contributed by atoms with Crippen LogP contribution in [0.2, 0.25) is 21.9 Å². The monoisotopic (exact) mass is 1400 g/mol. The number of benzene rings is 3. The minimum absolute atomic E-state index is 0. The summed E-state index contributed by atoms with van der Waals surface area (Å²) in [5, 5.41) is 19.5. The van der Waals surface area contributed by atoms with Gasteiger partial charge in [-0.3, -0.25) is 15.0 Å². The molecule has 6 aliphatic rings. The first-order chi connectivity index (χ1) is 46.9. The van der Waals surface area contributed by atoms with Crippen molar-refractivity contribution in [1.29, 1.82) is 0 Å². The van der Waals surface area contributed by atoms with Crippen molar-refractivity contribution in [3.63, 3.8) is 0 Å². The Balaban J connectivity index is 0.000000172. The van der Waals surface area contributed by atoms with Crippen LogP contribution in [0.5, 0.6) is 0 Å². The zero-order valence-corrected chi connectivity index (χ0v) is 58.5. The summed E-state index contributed by atoms with van der Waals surface area (Å²) < 4.78 is 6.69. The van der Waals surface area contributed by atoms with E-state index in [0.717, 1.165) is 149 Å². The molecule has 0 saturated carbocycles. The fourth-order valence-corrected chi connectivity index (χ4v) is 17.2. The molecule has 9 aromatic rings. The summed E-state index contributed by atoms with van der Waals surface area (Å²) in [4.78, 5) is 30.2. The number of aromatic nitrogens is 9. The standard InChI is InChI=1S/C27H32BClN4O.C26H31ClN4.C26H29ClN4.4CH4/c1-19-30-12-16-32(19)13-4-5-21-17-22-18-23(29)7-8-24(22)26(27-25(21)6-3-11-31-27)20-9-14-33(15-10-20)28(2)34;2*1-18-29-13-15-31(18)14-3-4-20-16-21-17-22(27)6-7-23(21)25(19-8-11-28-12-9-19)26-24(20)5-2-10-30-26;;;;/h3,6-8,11-12,16-18,20,26,34H,4-5,9-10,13-15H2,1-2H3;2,5-7,10,13,15,17,19-20,25,28H,3-4,8-9,11-12,14,16H2,1H3;2,5-7,10,13,15-17,19,25,28H,3-4,8-9,11-12,14H2,1H3;4*1H4. The van der Waals surface area contributed by atoms with Crippen LogP contribution in [-0.4, -0.2) is 99.8 Å². The quantitative estimate of drug-likeness (QED) is 0.0801. The van der Waals surface area contributed by atoms with Crippen molar-refractivity contribution in [2.24, 2.45) is 17.8 Å². The number of rotatable bonds is 16. The maximum absolute atomic E-state index is 10.1. The highest BCUT2D eigenvalue weighted by atomic mass is 35.5. The van der Waals surface area contributed by atoms with Crippen LogP contribution >= 0.6 is 34.8 Å². The Morgan fingerprint density at radius 2 is 0.880 bits per heavy atom. The van der Waals surface area contributed by atoms with E-state index < -0.39 is 0 Å². The van der Waals surface area contributed by atoms with Gasteiger partial charge in [-0.15, -0.1) is 0 Å². The summed E-state index contributed by atoms with van der Waals surface area (Å²) in [6.07, 6.45) is 36.6. The molecule has 0 bridgehead atoms. The number of hydrogen-bond donors (Lipinski definition) is 3. The van der Waals surface area contributed by atoms with Crippen molar-refractivity contribution in [2.45, 2.75) is 184 Å². The van der Waals surface area contributed by atoms with Gasteiger partial charge in [-0.25, -0.2) is 15.0 Å². The maximum atomic E-state index is 10.1. The molecule has 15 rings (SSSR count). The minimum Gasteiger partial charge on any atom is -0.437 e. The van der Waals surface area contributed by atoms with Gasteiger partial charge in [0.2, 0.25) is 0 Å². The van der Waals surface area contributed by atoms with Gasteiger partial charge in [0.15, 0.2) is 0 Å². The number of aryl methyl sites for hydroxylation is 6. The third-order valence-electron chi connectivity index (χ3n) is 21.6. The Hall–Kier alpha value is -7.01. The summed E-state index contributed by atoms with van der Waals surface area (Å²) in [7, 11) is -0.390. The number of nitrogens with zero attached hydrogens (tertiary/aromatic N) is 10. The first-order valence-electron chi connectivity index (χ1n) is 35.3. The lowest BCUT2D eigenvalue weighted by molar-refractivity contribution is 0.235. The molecule has 0 amide bonds. The van der Waals surface area contributed by atoms with E-state index in [9.17, 15) is 5.02 Å². The number of piperidine rings is 3. The molecule has 9 heterocycles. The van der Waals surface area contributed by atoms with E-state index in [1.165, 1.54) is 104 Å². The lowest BCUT2D eigenvalue weighted by atomic mass is 9.73. The average Bonchev–Trinajstić information content (AvgIpc) is 1.59. The van der Waals surface area contributed by atoms with Crippen molar-refractivity contribution in [3.05, 3.63) is 246 Å². The molecule has 3 aromatic carbocycles. The Bertz CT molecular complexity index is 4140. The normalized spacial score (nSPS) is 18.8. The second-order valence-corrected chi connectivity index (χ2v) is 28.8. The lowest BCUT2D eigenvalue weighted by Gasteiger charge is -2.37. The predicted octanol–water partition coefficient (Wildman–Crippen LogP) is 19.3. The third kappa shape index (κ3) is 17.9. The number of hydrogen-bond acceptors (Lipinski definition) is 10. The minimum atomic E-state index is -0.390. The largest absolute Gasteiger partial charge is 0.437 e. The second kappa shape index (κ2) is 36.2. The summed E-state index contributed by atoms with van der Waals surface area (Å²) in [5.41, 5.74) is 18.4. The van der Waals surface area contributed by atoms with Gasteiger partial charge >= 0.3 is 7.05 Å². The molecular formula is C83H108BCl3N12O. The lowest BCUT2D eigenvalue weighted by Crippen LogP contribution is -2.44. The van der Waals surface area contributed by atoms with Crippen molar-refractivity contribution in [3.8, 4) is 0 Å². The van der Waals surface area contributed by atoms with Crippen LogP contribution in [0.4, 0.5) is 0 Å². The smallest absolute Gasteiger partial charge is 0.376 e. The zero-order valence-electron chi connectivity index (χ0n) is 56.2. The van der Waals surface area contributed by atoms with Crippen LogP contribution in [0.25, 0.3) is 23.3 Å². The number of imidazole rings is 3. The SMILES string of the molecule is C.C.C.C.CB(O)N1CCC(C2c3ccc(Cl)cc3C=C(CCCn3ccnc3C)c3cccnc32)CC1.Cc1nccn1CCCC1=Cc2cc(Cl)ccc2C(C2CCNCC2)c2ncccc21.Cc1nccn1CCCC1Cc2cc(Cl)ccc2C(C2CCNCC2)c2ncccc21. The molecule has 3 saturated heterocycles. The number of allylic oxidation sites excluding steroid dienone is 2. The molecule has 100 heavy (non-hydrogen) atoms. The Kier molecular flexibility index (Phi) is 28.0. The maximum Gasteiger partial charge on any atom is 0.376 e. The number of pyridine rings is 3. The van der Waals surface area contributed by atoms with Crippen molar-refractivity contribution >= 4 is 65.2 Å². The van der Waals surface area contributed by atoms with E-state index in [2.05, 4.69) is 174 Å². The van der Waals surface area contributed by atoms with Crippen LogP contribution in [0.15, 0.2) is 147 Å². The van der Waals surface area contributed by atoms with Gasteiger partial charge in [0.1, 0.15) is 17.5 Å². The fraction of sp³-hybridized carbons (Fsp3) is 0.446. The molecule has 4 unspecified atom stereocenters. The molecule has 3 fully saturated rings. The molecule has 3 aliphatic heterocycles. The van der Waals surface area contributed by atoms with E-state index in [0.29, 0.717) is 35.5 Å². The van der Waals surface area contributed by atoms with E-state index in [4.69, 9.17) is 49.8 Å². The van der Waals surface area contributed by atoms with Crippen LogP contribution in [0.3, 0.4) is 0 Å². The van der Waals surface area contributed by atoms with Gasteiger partial charge in [0.05, 0.1) is 17.1 Å². The van der Waals surface area contributed by atoms with Crippen molar-refractivity contribution < 1.29 is 5.02 Å². The summed E-state index contributed by atoms with van der Waals surface area (Å²) >= 11 is 19.4. The van der Waals surface area contributed by atoms with Gasteiger partial charge in [-0.1, -0.05) is 113 Å². The Morgan fingerprint density at radius 1 is 0.470 bits per heavy atom. The highest BCUT2D eigenvalue weighted by molar-refractivity contribution is 6.45. The zero-order chi connectivity index (χ0) is 66.1. The predicted molar refractivity (Wildman–Crippen MR) is 420 cm³/mol. The number of halogens is 3.